The average Bonchev–Trinajstić information content (AvgIpc) is 3.38. The normalized spacial score (nSPS) is 30.2. The zero-order chi connectivity index (χ0) is 25.8. The fourth-order valence-corrected chi connectivity index (χ4v) is 5.76. The zero-order valence-corrected chi connectivity index (χ0v) is 22.6. The standard InChI is InChI=1S/C31H48O5/c1-4-6-7-12-23(3)19-26(32)16-17-27-28-21-24(13-8-9-14-30(33)34-5-2)20-25(28)22-29(27)36-31-15-10-11-18-35-31/h7-8,12-13,16-17,20,23,25-29,31-32H,4-6,9-11,14-15,18-19,21-22H2,1-3H3/t23-,25-,26?,27-,28-,29+,31?/m0/s1. The molecule has 1 heterocycles. The Labute approximate surface area is 218 Å². The van der Waals surface area contributed by atoms with Gasteiger partial charge in [0.25, 0.3) is 0 Å². The van der Waals surface area contributed by atoms with Crippen LogP contribution in [0.4, 0.5) is 0 Å². The number of allylic oxidation sites excluding steroid dienone is 6. The summed E-state index contributed by atoms with van der Waals surface area (Å²) in [6.07, 6.45) is 24.3. The molecule has 1 N–H and O–H groups in total. The molecule has 0 aromatic heterocycles. The second-order valence-electron chi connectivity index (χ2n) is 10.7. The monoisotopic (exact) mass is 500 g/mol. The van der Waals surface area contributed by atoms with E-state index in [1.807, 2.05) is 13.0 Å². The molecule has 2 fully saturated rings. The number of rotatable bonds is 14. The maximum absolute atomic E-state index is 11.6. The molecule has 5 nitrogen and oxygen atoms in total. The van der Waals surface area contributed by atoms with Gasteiger partial charge in [-0.2, -0.15) is 0 Å². The summed E-state index contributed by atoms with van der Waals surface area (Å²) in [7, 11) is 0. The van der Waals surface area contributed by atoms with Crippen molar-refractivity contribution in [3.8, 4) is 0 Å². The first-order valence-corrected chi connectivity index (χ1v) is 14.3. The molecule has 0 spiro atoms. The lowest BCUT2D eigenvalue weighted by Crippen LogP contribution is -2.30. The molecular formula is C31H48O5. The summed E-state index contributed by atoms with van der Waals surface area (Å²) in [5, 5.41) is 10.7. The van der Waals surface area contributed by atoms with Crippen molar-refractivity contribution in [3.63, 3.8) is 0 Å². The minimum absolute atomic E-state index is 0.0988. The number of hydrogen-bond donors (Lipinski definition) is 1. The van der Waals surface area contributed by atoms with E-state index in [1.54, 1.807) is 0 Å². The summed E-state index contributed by atoms with van der Waals surface area (Å²) in [5.74, 6) is 1.44. The van der Waals surface area contributed by atoms with Crippen LogP contribution in [0.25, 0.3) is 0 Å². The highest BCUT2D eigenvalue weighted by atomic mass is 16.7. The third kappa shape index (κ3) is 9.32. The van der Waals surface area contributed by atoms with Gasteiger partial charge in [0.15, 0.2) is 6.29 Å². The van der Waals surface area contributed by atoms with Gasteiger partial charge in [0.05, 0.1) is 18.8 Å². The first kappa shape index (κ1) is 28.9. The largest absolute Gasteiger partial charge is 0.466 e. The van der Waals surface area contributed by atoms with Crippen molar-refractivity contribution in [2.45, 2.75) is 103 Å². The molecule has 3 rings (SSSR count). The number of unbranched alkanes of at least 4 members (excludes halogenated alkanes) is 1. The predicted molar refractivity (Wildman–Crippen MR) is 144 cm³/mol. The Bertz CT molecular complexity index is 776. The van der Waals surface area contributed by atoms with E-state index in [1.165, 1.54) is 5.57 Å². The molecule has 0 radical (unpaired) electrons. The highest BCUT2D eigenvalue weighted by molar-refractivity contribution is 5.69. The van der Waals surface area contributed by atoms with E-state index in [0.717, 1.165) is 58.0 Å². The van der Waals surface area contributed by atoms with Crippen LogP contribution in [-0.4, -0.2) is 42.8 Å². The van der Waals surface area contributed by atoms with Gasteiger partial charge in [-0.25, -0.2) is 0 Å². The van der Waals surface area contributed by atoms with E-state index < -0.39 is 6.10 Å². The number of fused-ring (bicyclic) bond motifs is 1. The van der Waals surface area contributed by atoms with E-state index >= 15 is 0 Å². The summed E-state index contributed by atoms with van der Waals surface area (Å²) in [6, 6.07) is 0. The van der Waals surface area contributed by atoms with Crippen molar-refractivity contribution in [2.24, 2.45) is 23.7 Å². The smallest absolute Gasteiger partial charge is 0.306 e. The van der Waals surface area contributed by atoms with Gasteiger partial charge >= 0.3 is 5.97 Å². The maximum atomic E-state index is 11.6. The van der Waals surface area contributed by atoms with Gasteiger partial charge in [0.1, 0.15) is 0 Å². The summed E-state index contributed by atoms with van der Waals surface area (Å²) >= 11 is 0. The number of carbonyl (C=O) groups excluding carboxylic acids is 1. The van der Waals surface area contributed by atoms with Crippen molar-refractivity contribution in [2.75, 3.05) is 13.2 Å². The van der Waals surface area contributed by atoms with Gasteiger partial charge in [-0.15, -0.1) is 0 Å². The SMILES string of the molecule is CCCC=C[C@H](C)CC(O)C=C[C@H]1[C@H]2CC(C=CCCC(=O)OCC)=C[C@H]2C[C@H]1OC1CCCCO1. The topological polar surface area (TPSA) is 65.0 Å². The molecule has 5 heteroatoms. The van der Waals surface area contributed by atoms with Crippen LogP contribution >= 0.6 is 0 Å². The lowest BCUT2D eigenvalue weighted by molar-refractivity contribution is -0.192. The fraction of sp³-hybridized carbons (Fsp3) is 0.710. The van der Waals surface area contributed by atoms with Crippen LogP contribution in [0.2, 0.25) is 0 Å². The molecular weight excluding hydrogens is 452 g/mol. The van der Waals surface area contributed by atoms with E-state index in [4.69, 9.17) is 14.2 Å². The van der Waals surface area contributed by atoms with Crippen LogP contribution in [0.5, 0.6) is 0 Å². The summed E-state index contributed by atoms with van der Waals surface area (Å²) in [5.41, 5.74) is 1.34. The average molecular weight is 501 g/mol. The van der Waals surface area contributed by atoms with E-state index in [2.05, 4.69) is 50.3 Å². The Balaban J connectivity index is 1.59. The van der Waals surface area contributed by atoms with Crippen molar-refractivity contribution in [1.82, 2.24) is 0 Å². The zero-order valence-electron chi connectivity index (χ0n) is 22.6. The molecule has 1 saturated carbocycles. The van der Waals surface area contributed by atoms with Crippen LogP contribution in [0, 0.1) is 23.7 Å². The van der Waals surface area contributed by atoms with E-state index in [0.29, 0.717) is 37.2 Å². The molecule has 0 amide bonds. The summed E-state index contributed by atoms with van der Waals surface area (Å²) in [6.45, 7) is 7.41. The number of aliphatic hydroxyl groups is 1. The molecule has 3 aliphatic rings. The van der Waals surface area contributed by atoms with Crippen LogP contribution in [0.15, 0.2) is 48.1 Å². The molecule has 0 bridgehead atoms. The third-order valence-corrected chi connectivity index (χ3v) is 7.58. The molecule has 36 heavy (non-hydrogen) atoms. The fourth-order valence-electron chi connectivity index (χ4n) is 5.76. The minimum Gasteiger partial charge on any atom is -0.466 e. The lowest BCUT2D eigenvalue weighted by atomic mass is 9.88. The van der Waals surface area contributed by atoms with Crippen LogP contribution in [0.3, 0.4) is 0 Å². The Morgan fingerprint density at radius 2 is 2.08 bits per heavy atom. The first-order chi connectivity index (χ1) is 17.5. The molecule has 0 aromatic carbocycles. The Morgan fingerprint density at radius 3 is 2.83 bits per heavy atom. The van der Waals surface area contributed by atoms with Gasteiger partial charge in [-0.3, -0.25) is 4.79 Å². The number of carbonyl (C=O) groups is 1. The molecule has 1 aliphatic heterocycles. The number of aliphatic hydroxyl groups excluding tert-OH is 1. The molecule has 2 unspecified atom stereocenters. The Kier molecular flexibility index (Phi) is 12.5. The second kappa shape index (κ2) is 15.5. The first-order valence-electron chi connectivity index (χ1n) is 14.3. The molecule has 202 valence electrons. The van der Waals surface area contributed by atoms with Crippen LogP contribution in [0.1, 0.15) is 85.0 Å². The van der Waals surface area contributed by atoms with E-state index in [9.17, 15) is 9.90 Å². The molecule has 2 aliphatic carbocycles. The van der Waals surface area contributed by atoms with E-state index in [-0.39, 0.29) is 24.3 Å². The number of hydrogen-bond acceptors (Lipinski definition) is 5. The van der Waals surface area contributed by atoms with Gasteiger partial charge < -0.3 is 19.3 Å². The highest BCUT2D eigenvalue weighted by Crippen LogP contribution is 2.49. The maximum Gasteiger partial charge on any atom is 0.306 e. The van der Waals surface area contributed by atoms with Crippen molar-refractivity contribution in [3.05, 3.63) is 48.1 Å². The quantitative estimate of drug-likeness (QED) is 0.213. The van der Waals surface area contributed by atoms with Gasteiger partial charge in [0.2, 0.25) is 0 Å². The van der Waals surface area contributed by atoms with Crippen LogP contribution < -0.4 is 0 Å². The Morgan fingerprint density at radius 1 is 1.22 bits per heavy atom. The predicted octanol–water partition coefficient (Wildman–Crippen LogP) is 6.68. The summed E-state index contributed by atoms with van der Waals surface area (Å²) in [4.78, 5) is 11.6. The summed E-state index contributed by atoms with van der Waals surface area (Å²) < 4.78 is 17.4. The van der Waals surface area contributed by atoms with Crippen molar-refractivity contribution < 1.29 is 24.1 Å². The minimum atomic E-state index is -0.450. The lowest BCUT2D eigenvalue weighted by Gasteiger charge is -2.29. The number of ether oxygens (including phenoxy) is 3. The van der Waals surface area contributed by atoms with Crippen molar-refractivity contribution in [1.29, 1.82) is 0 Å². The highest BCUT2D eigenvalue weighted by Gasteiger charge is 2.45. The Hall–Kier alpha value is -1.69. The third-order valence-electron chi connectivity index (χ3n) is 7.58. The van der Waals surface area contributed by atoms with Crippen LogP contribution in [-0.2, 0) is 19.0 Å². The molecule has 0 aromatic rings. The molecule has 7 atom stereocenters. The number of esters is 1. The molecule has 1 saturated heterocycles. The van der Waals surface area contributed by atoms with Crippen molar-refractivity contribution >= 4 is 5.97 Å². The van der Waals surface area contributed by atoms with Gasteiger partial charge in [-0.1, -0.05) is 68.4 Å². The van der Waals surface area contributed by atoms with Gasteiger partial charge in [-0.05, 0) is 76.0 Å². The second-order valence-corrected chi connectivity index (χ2v) is 10.7. The van der Waals surface area contributed by atoms with Gasteiger partial charge in [0, 0.05) is 18.9 Å².